The smallest absolute Gasteiger partial charge is 0.191 e. The van der Waals surface area contributed by atoms with E-state index in [4.69, 9.17) is 9.47 Å². The highest BCUT2D eigenvalue weighted by Gasteiger charge is 2.09. The molecule has 0 atom stereocenters. The molecule has 0 unspecified atom stereocenters. The van der Waals surface area contributed by atoms with Crippen LogP contribution in [0.25, 0.3) is 0 Å². The van der Waals surface area contributed by atoms with Gasteiger partial charge < -0.3 is 20.1 Å². The summed E-state index contributed by atoms with van der Waals surface area (Å²) in [7, 11) is 1.46. The van der Waals surface area contributed by atoms with Crippen LogP contribution in [-0.4, -0.2) is 63.9 Å². The van der Waals surface area contributed by atoms with Gasteiger partial charge in [0.25, 0.3) is 0 Å². The first kappa shape index (κ1) is 22.9. The van der Waals surface area contributed by atoms with E-state index in [9.17, 15) is 4.39 Å². The Labute approximate surface area is 172 Å². The average molecular weight is 480 g/mol. The number of hydrogen-bond acceptors (Lipinski definition) is 4. The van der Waals surface area contributed by atoms with Crippen molar-refractivity contribution in [3.63, 3.8) is 0 Å². The fourth-order valence-corrected chi connectivity index (χ4v) is 2.65. The van der Waals surface area contributed by atoms with Crippen LogP contribution in [0.4, 0.5) is 4.39 Å². The maximum absolute atomic E-state index is 13.7. The Hall–Kier alpha value is -1.13. The van der Waals surface area contributed by atoms with Crippen molar-refractivity contribution in [2.75, 3.05) is 53.0 Å². The number of rotatable bonds is 8. The van der Waals surface area contributed by atoms with Crippen molar-refractivity contribution in [1.82, 2.24) is 15.5 Å². The van der Waals surface area contributed by atoms with Gasteiger partial charge in [-0.2, -0.15) is 0 Å². The van der Waals surface area contributed by atoms with Crippen LogP contribution < -0.4 is 15.4 Å². The van der Waals surface area contributed by atoms with Crippen molar-refractivity contribution in [2.24, 2.45) is 4.99 Å². The zero-order chi connectivity index (χ0) is 17.9. The third-order valence-electron chi connectivity index (χ3n) is 4.03. The van der Waals surface area contributed by atoms with Gasteiger partial charge in [-0.1, -0.05) is 6.07 Å². The lowest BCUT2D eigenvalue weighted by atomic mass is 10.2. The first-order chi connectivity index (χ1) is 12.2. The summed E-state index contributed by atoms with van der Waals surface area (Å²) in [6.45, 7) is 8.81. The Morgan fingerprint density at radius 3 is 2.73 bits per heavy atom. The van der Waals surface area contributed by atoms with E-state index in [1.807, 2.05) is 13.0 Å². The molecule has 148 valence electrons. The maximum Gasteiger partial charge on any atom is 0.191 e. The molecule has 0 spiro atoms. The molecule has 1 saturated heterocycles. The molecule has 0 aromatic heterocycles. The quantitative estimate of drug-likeness (QED) is 0.259. The molecule has 0 radical (unpaired) electrons. The number of morpholine rings is 1. The van der Waals surface area contributed by atoms with Crippen molar-refractivity contribution in [2.45, 2.75) is 19.9 Å². The number of guanidine groups is 1. The molecular formula is C18H30FIN4O2. The number of hydrogen-bond donors (Lipinski definition) is 2. The molecule has 26 heavy (non-hydrogen) atoms. The van der Waals surface area contributed by atoms with E-state index < -0.39 is 0 Å². The summed E-state index contributed by atoms with van der Waals surface area (Å²) in [4.78, 5) is 6.93. The molecule has 1 heterocycles. The summed E-state index contributed by atoms with van der Waals surface area (Å²) in [5.74, 6) is 0.639. The number of benzene rings is 1. The largest absolute Gasteiger partial charge is 0.494 e. The lowest BCUT2D eigenvalue weighted by Crippen LogP contribution is -2.40. The fourth-order valence-electron chi connectivity index (χ4n) is 2.65. The summed E-state index contributed by atoms with van der Waals surface area (Å²) in [5.41, 5.74) is 0.809. The topological polar surface area (TPSA) is 58.1 Å². The lowest BCUT2D eigenvalue weighted by Gasteiger charge is -2.26. The van der Waals surface area contributed by atoms with Crippen LogP contribution >= 0.6 is 24.0 Å². The minimum absolute atomic E-state index is 0. The summed E-state index contributed by atoms with van der Waals surface area (Å²) in [6, 6.07) is 4.92. The summed E-state index contributed by atoms with van der Waals surface area (Å²) in [6.07, 6.45) is 1.04. The van der Waals surface area contributed by atoms with Gasteiger partial charge in [0.05, 0.1) is 26.9 Å². The summed E-state index contributed by atoms with van der Waals surface area (Å²) < 4.78 is 24.0. The number of ether oxygens (including phenoxy) is 2. The summed E-state index contributed by atoms with van der Waals surface area (Å²) >= 11 is 0. The van der Waals surface area contributed by atoms with E-state index in [0.717, 1.165) is 63.9 Å². The van der Waals surface area contributed by atoms with Crippen LogP contribution in [0.15, 0.2) is 23.2 Å². The highest BCUT2D eigenvalue weighted by atomic mass is 127. The number of nitrogens with zero attached hydrogens (tertiary/aromatic N) is 2. The molecule has 1 aliphatic heterocycles. The Bertz CT molecular complexity index is 554. The van der Waals surface area contributed by atoms with Gasteiger partial charge in [-0.25, -0.2) is 9.38 Å². The van der Waals surface area contributed by atoms with Crippen LogP contribution in [-0.2, 0) is 11.3 Å². The molecule has 1 aromatic rings. The van der Waals surface area contributed by atoms with Gasteiger partial charge in [0.1, 0.15) is 0 Å². The van der Waals surface area contributed by atoms with Gasteiger partial charge in [0.15, 0.2) is 17.5 Å². The SMILES string of the molecule is CCNC(=NCc1ccc(OC)c(F)c1)NCCCN1CCOCC1.I. The number of halogens is 2. The van der Waals surface area contributed by atoms with E-state index in [2.05, 4.69) is 20.5 Å². The molecule has 0 amide bonds. The zero-order valence-corrected chi connectivity index (χ0v) is 17.9. The molecule has 0 aliphatic carbocycles. The van der Waals surface area contributed by atoms with Gasteiger partial charge >= 0.3 is 0 Å². The van der Waals surface area contributed by atoms with Crippen molar-refractivity contribution in [3.8, 4) is 5.75 Å². The molecule has 0 bridgehead atoms. The first-order valence-corrected chi connectivity index (χ1v) is 8.87. The van der Waals surface area contributed by atoms with E-state index in [1.54, 1.807) is 6.07 Å². The minimum Gasteiger partial charge on any atom is -0.494 e. The van der Waals surface area contributed by atoms with Crippen molar-refractivity contribution in [3.05, 3.63) is 29.6 Å². The van der Waals surface area contributed by atoms with Gasteiger partial charge in [-0.15, -0.1) is 24.0 Å². The Balaban J connectivity index is 0.00000338. The van der Waals surface area contributed by atoms with Gasteiger partial charge in [-0.3, -0.25) is 4.90 Å². The van der Waals surface area contributed by atoms with Crippen LogP contribution in [0.5, 0.6) is 5.75 Å². The number of aliphatic imine (C=N–C) groups is 1. The molecule has 2 N–H and O–H groups in total. The van der Waals surface area contributed by atoms with Crippen LogP contribution in [0.1, 0.15) is 18.9 Å². The van der Waals surface area contributed by atoms with Crippen LogP contribution in [0, 0.1) is 5.82 Å². The molecule has 1 fully saturated rings. The molecular weight excluding hydrogens is 450 g/mol. The molecule has 0 saturated carbocycles. The van der Waals surface area contributed by atoms with Crippen LogP contribution in [0.3, 0.4) is 0 Å². The van der Waals surface area contributed by atoms with E-state index in [0.29, 0.717) is 6.54 Å². The standard InChI is InChI=1S/C18H29FN4O2.HI/c1-3-20-18(21-7-4-8-23-9-11-25-12-10-23)22-14-15-5-6-17(24-2)16(19)13-15;/h5-6,13H,3-4,7-12,14H2,1-2H3,(H2,20,21,22);1H. The number of nitrogens with one attached hydrogen (secondary N) is 2. The maximum atomic E-state index is 13.7. The molecule has 2 rings (SSSR count). The highest BCUT2D eigenvalue weighted by molar-refractivity contribution is 14.0. The Morgan fingerprint density at radius 1 is 1.31 bits per heavy atom. The summed E-state index contributed by atoms with van der Waals surface area (Å²) in [5, 5.41) is 6.55. The van der Waals surface area contributed by atoms with Crippen molar-refractivity contribution in [1.29, 1.82) is 0 Å². The highest BCUT2D eigenvalue weighted by Crippen LogP contribution is 2.18. The third kappa shape index (κ3) is 8.05. The molecule has 1 aromatic carbocycles. The Morgan fingerprint density at radius 2 is 2.08 bits per heavy atom. The predicted molar refractivity (Wildman–Crippen MR) is 113 cm³/mol. The lowest BCUT2D eigenvalue weighted by molar-refractivity contribution is 0.0376. The van der Waals surface area contributed by atoms with E-state index in [-0.39, 0.29) is 35.5 Å². The van der Waals surface area contributed by atoms with Crippen molar-refractivity contribution < 1.29 is 13.9 Å². The van der Waals surface area contributed by atoms with Gasteiger partial charge in [0, 0.05) is 26.2 Å². The molecule has 8 heteroatoms. The first-order valence-electron chi connectivity index (χ1n) is 8.87. The number of methoxy groups -OCH3 is 1. The second kappa shape index (κ2) is 13.1. The van der Waals surface area contributed by atoms with Crippen LogP contribution in [0.2, 0.25) is 0 Å². The predicted octanol–water partition coefficient (Wildman–Crippen LogP) is 2.23. The monoisotopic (exact) mass is 480 g/mol. The second-order valence-electron chi connectivity index (χ2n) is 5.90. The average Bonchev–Trinajstić information content (AvgIpc) is 2.64. The van der Waals surface area contributed by atoms with E-state index in [1.165, 1.54) is 13.2 Å². The minimum atomic E-state index is -0.362. The molecule has 6 nitrogen and oxygen atoms in total. The van der Waals surface area contributed by atoms with Gasteiger partial charge in [-0.05, 0) is 37.6 Å². The van der Waals surface area contributed by atoms with E-state index >= 15 is 0 Å². The fraction of sp³-hybridized carbons (Fsp3) is 0.611. The third-order valence-corrected chi connectivity index (χ3v) is 4.03. The van der Waals surface area contributed by atoms with Gasteiger partial charge in [0.2, 0.25) is 0 Å². The second-order valence-corrected chi connectivity index (χ2v) is 5.90. The normalized spacial score (nSPS) is 15.3. The Kier molecular flexibility index (Phi) is 11.5. The molecule has 1 aliphatic rings. The van der Waals surface area contributed by atoms with Crippen molar-refractivity contribution >= 4 is 29.9 Å². The zero-order valence-electron chi connectivity index (χ0n) is 15.6.